The van der Waals surface area contributed by atoms with Crippen molar-refractivity contribution in [1.29, 1.82) is 0 Å². The topological polar surface area (TPSA) is 129 Å². The number of nitrogens with zero attached hydrogens (tertiary/aromatic N) is 1. The quantitative estimate of drug-likeness (QED) is 0.389. The van der Waals surface area contributed by atoms with Crippen LogP contribution in [-0.2, 0) is 19.7 Å². The molecule has 4 rings (SSSR count). The van der Waals surface area contributed by atoms with E-state index in [1.807, 2.05) is 6.08 Å². The van der Waals surface area contributed by atoms with Gasteiger partial charge >= 0.3 is 0 Å². The van der Waals surface area contributed by atoms with Crippen LogP contribution in [0.1, 0.15) is 59.8 Å². The molecule has 0 aromatic heterocycles. The van der Waals surface area contributed by atoms with Crippen LogP contribution in [0.25, 0.3) is 0 Å². The lowest BCUT2D eigenvalue weighted by atomic mass is 9.57. The second-order valence-electron chi connectivity index (χ2n) is 12.1. The van der Waals surface area contributed by atoms with Crippen LogP contribution in [-0.4, -0.2) is 86.0 Å². The van der Waals surface area contributed by atoms with Gasteiger partial charge in [-0.05, 0) is 54.6 Å². The van der Waals surface area contributed by atoms with Gasteiger partial charge in [0.05, 0.1) is 12.7 Å². The van der Waals surface area contributed by atoms with Gasteiger partial charge in [0.15, 0.2) is 6.29 Å². The minimum Gasteiger partial charge on any atom is -0.388 e. The highest BCUT2D eigenvalue weighted by atomic mass is 32.2. The molecule has 3 aliphatic carbocycles. The van der Waals surface area contributed by atoms with E-state index in [-0.39, 0.29) is 18.6 Å². The summed E-state index contributed by atoms with van der Waals surface area (Å²) in [5, 5.41) is 30.8. The predicted octanol–water partition coefficient (Wildman–Crippen LogP) is 2.02. The van der Waals surface area contributed by atoms with Crippen LogP contribution >= 0.6 is 0 Å². The van der Waals surface area contributed by atoms with Crippen molar-refractivity contribution in [2.75, 3.05) is 27.2 Å². The minimum atomic E-state index is -3.62. The fourth-order valence-corrected chi connectivity index (χ4v) is 7.00. The first kappa shape index (κ1) is 28.9. The molecule has 4 aliphatic rings. The van der Waals surface area contributed by atoms with Gasteiger partial charge in [0.1, 0.15) is 18.3 Å². The molecular weight excluding hydrogens is 496 g/mol. The summed E-state index contributed by atoms with van der Waals surface area (Å²) < 4.78 is 40.7. The molecule has 0 bridgehead atoms. The summed E-state index contributed by atoms with van der Waals surface area (Å²) in [5.41, 5.74) is 4.61. The van der Waals surface area contributed by atoms with Gasteiger partial charge in [-0.3, -0.25) is 0 Å². The number of ether oxygens (including phenoxy) is 2. The Hall–Kier alpha value is -1.11. The third kappa shape index (κ3) is 5.36. The Bertz CT molecular complexity index is 1080. The van der Waals surface area contributed by atoms with Crippen molar-refractivity contribution >= 4 is 10.2 Å². The van der Waals surface area contributed by atoms with Crippen molar-refractivity contribution in [2.24, 2.45) is 16.7 Å². The number of aliphatic hydroxyl groups excluding tert-OH is 3. The summed E-state index contributed by atoms with van der Waals surface area (Å²) in [5.74, 6) is 0.415. The molecule has 210 valence electrons. The van der Waals surface area contributed by atoms with Crippen LogP contribution in [0.15, 0.2) is 34.4 Å². The fourth-order valence-electron chi connectivity index (χ4n) is 6.37. The SMILES string of the molecule is CC(C)C1=C2C3=CC=C(CNS(=O)(=O)N(C)C)C[C@H](O[C@@H]4OCC(O)[C@H](O)[C@H]4O)[C@]3(C)CC[C@@]2(C)CC1. The van der Waals surface area contributed by atoms with E-state index in [9.17, 15) is 23.7 Å². The summed E-state index contributed by atoms with van der Waals surface area (Å²) in [7, 11) is -0.652. The first-order valence-electron chi connectivity index (χ1n) is 13.3. The summed E-state index contributed by atoms with van der Waals surface area (Å²) in [6.45, 7) is 9.00. The van der Waals surface area contributed by atoms with E-state index < -0.39 is 46.3 Å². The van der Waals surface area contributed by atoms with E-state index in [1.54, 1.807) is 0 Å². The maximum Gasteiger partial charge on any atom is 0.279 e. The predicted molar refractivity (Wildman–Crippen MR) is 141 cm³/mol. The molecular formula is C27H44N2O7S. The van der Waals surface area contributed by atoms with Gasteiger partial charge in [-0.15, -0.1) is 0 Å². The van der Waals surface area contributed by atoms with E-state index >= 15 is 0 Å². The van der Waals surface area contributed by atoms with Gasteiger partial charge in [0.25, 0.3) is 10.2 Å². The van der Waals surface area contributed by atoms with Crippen molar-refractivity contribution in [2.45, 2.75) is 90.5 Å². The fraction of sp³-hybridized carbons (Fsp3) is 0.778. The van der Waals surface area contributed by atoms with Gasteiger partial charge in [0, 0.05) is 26.1 Å². The monoisotopic (exact) mass is 540 g/mol. The van der Waals surface area contributed by atoms with Gasteiger partial charge in [0.2, 0.25) is 0 Å². The third-order valence-electron chi connectivity index (χ3n) is 9.01. The third-order valence-corrected chi connectivity index (χ3v) is 10.5. The van der Waals surface area contributed by atoms with E-state index in [1.165, 1.54) is 30.8 Å². The zero-order valence-corrected chi connectivity index (χ0v) is 23.7. The average molecular weight is 541 g/mol. The smallest absolute Gasteiger partial charge is 0.279 e. The maximum absolute atomic E-state index is 12.4. The minimum absolute atomic E-state index is 0.0848. The first-order chi connectivity index (χ1) is 17.2. The zero-order chi connectivity index (χ0) is 27.3. The van der Waals surface area contributed by atoms with Gasteiger partial charge in [-0.2, -0.15) is 17.4 Å². The Morgan fingerprint density at radius 3 is 2.49 bits per heavy atom. The standard InChI is InChI=1S/C27H44N2O7S/c1-16(2)18-9-10-26(3)11-12-27(4)19(22(18)26)8-7-17(14-28-37(33,34)29(5)6)13-21(27)36-25-24(32)23(31)20(30)15-35-25/h7-8,16,20-21,23-25,28,30-32H,9-15H2,1-6H3/t20?,21-,23-,24+,25-,26+,27+/m0/s1. The molecule has 10 heteroatoms. The van der Waals surface area contributed by atoms with Crippen LogP contribution in [0, 0.1) is 16.7 Å². The zero-order valence-electron chi connectivity index (χ0n) is 22.9. The number of fused-ring (bicyclic) bond motifs is 3. The number of rotatable bonds is 7. The number of aliphatic hydroxyl groups is 3. The van der Waals surface area contributed by atoms with E-state index in [0.717, 1.165) is 35.6 Å². The number of nitrogens with one attached hydrogen (secondary N) is 1. The van der Waals surface area contributed by atoms with Gasteiger partial charge in [-0.25, -0.2) is 0 Å². The average Bonchev–Trinajstić information content (AvgIpc) is 3.12. The van der Waals surface area contributed by atoms with Crippen LogP contribution in [0.4, 0.5) is 0 Å². The Kier molecular flexibility index (Phi) is 8.17. The second kappa shape index (κ2) is 10.5. The van der Waals surface area contributed by atoms with Crippen LogP contribution in [0.5, 0.6) is 0 Å². The lowest BCUT2D eigenvalue weighted by molar-refractivity contribution is -0.291. The highest BCUT2D eigenvalue weighted by Crippen LogP contribution is 2.62. The number of hydrogen-bond acceptors (Lipinski definition) is 7. The molecule has 1 heterocycles. The molecule has 0 aromatic carbocycles. The van der Waals surface area contributed by atoms with Crippen LogP contribution < -0.4 is 4.72 Å². The summed E-state index contributed by atoms with van der Waals surface area (Å²) in [4.78, 5) is 0. The lowest BCUT2D eigenvalue weighted by Gasteiger charge is -2.50. The molecule has 1 unspecified atom stereocenters. The summed E-state index contributed by atoms with van der Waals surface area (Å²) >= 11 is 0. The molecule has 0 radical (unpaired) electrons. The molecule has 2 fully saturated rings. The van der Waals surface area contributed by atoms with Crippen LogP contribution in [0.3, 0.4) is 0 Å². The van der Waals surface area contributed by atoms with Gasteiger partial charge < -0.3 is 24.8 Å². The molecule has 4 N–H and O–H groups in total. The molecule has 1 aliphatic heterocycles. The van der Waals surface area contributed by atoms with Crippen molar-refractivity contribution in [3.05, 3.63) is 34.4 Å². The Morgan fingerprint density at radius 2 is 1.84 bits per heavy atom. The van der Waals surface area contributed by atoms with Crippen molar-refractivity contribution in [3.8, 4) is 0 Å². The van der Waals surface area contributed by atoms with Gasteiger partial charge in [-0.1, -0.05) is 51.0 Å². The summed E-state index contributed by atoms with van der Waals surface area (Å²) in [6, 6.07) is 0. The van der Waals surface area contributed by atoms with E-state index in [4.69, 9.17) is 9.47 Å². The number of allylic oxidation sites excluding steroid dienone is 4. The molecule has 7 atom stereocenters. The Morgan fingerprint density at radius 1 is 1.14 bits per heavy atom. The normalized spacial score (nSPS) is 38.8. The summed E-state index contributed by atoms with van der Waals surface area (Å²) in [6.07, 6.45) is 3.16. The lowest BCUT2D eigenvalue weighted by Crippen LogP contribution is -2.56. The van der Waals surface area contributed by atoms with Crippen molar-refractivity contribution in [3.63, 3.8) is 0 Å². The highest BCUT2D eigenvalue weighted by molar-refractivity contribution is 7.87. The Balaban J connectivity index is 1.73. The molecule has 0 spiro atoms. The molecule has 1 saturated heterocycles. The molecule has 0 amide bonds. The number of hydrogen-bond donors (Lipinski definition) is 4. The van der Waals surface area contributed by atoms with E-state index in [2.05, 4.69) is 38.5 Å². The Labute approximate surface area is 221 Å². The molecule has 37 heavy (non-hydrogen) atoms. The maximum atomic E-state index is 12.4. The molecule has 9 nitrogen and oxygen atoms in total. The first-order valence-corrected chi connectivity index (χ1v) is 14.8. The van der Waals surface area contributed by atoms with Crippen LogP contribution in [0.2, 0.25) is 0 Å². The second-order valence-corrected chi connectivity index (χ2v) is 14.1. The molecule has 0 aromatic rings. The highest BCUT2D eigenvalue weighted by Gasteiger charge is 2.53. The van der Waals surface area contributed by atoms with Crippen molar-refractivity contribution < 1.29 is 33.2 Å². The largest absolute Gasteiger partial charge is 0.388 e. The van der Waals surface area contributed by atoms with Crippen molar-refractivity contribution in [1.82, 2.24) is 9.03 Å². The van der Waals surface area contributed by atoms with E-state index in [0.29, 0.717) is 12.3 Å². The molecule has 1 saturated carbocycles.